The third-order valence-corrected chi connectivity index (χ3v) is 5.47. The summed E-state index contributed by atoms with van der Waals surface area (Å²) >= 11 is 0. The highest BCUT2D eigenvalue weighted by Gasteiger charge is 2.62. The number of esters is 1. The number of fused-ring (bicyclic) bond motifs is 3. The maximum atomic E-state index is 11.8. The van der Waals surface area contributed by atoms with Gasteiger partial charge in [0.25, 0.3) is 0 Å². The maximum absolute atomic E-state index is 11.8. The minimum absolute atomic E-state index is 0.150. The molecule has 1 saturated heterocycles. The second kappa shape index (κ2) is 3.83. The standard InChI is InChI=1S/C15H22O4/c1-8-6-10(16)7-14(3)4-5-15(18)9(2)13(17)19-12(15)11(8)14/h9-10,12,16,18H,4-7H2,1-3H3/t9-,10+,12+,14+,15-/m1/s1. The quantitative estimate of drug-likeness (QED) is 0.515. The van der Waals surface area contributed by atoms with Crippen LogP contribution in [0, 0.1) is 11.3 Å². The minimum atomic E-state index is -1.06. The molecule has 4 heteroatoms. The van der Waals surface area contributed by atoms with Gasteiger partial charge in [0.2, 0.25) is 0 Å². The van der Waals surface area contributed by atoms with Gasteiger partial charge >= 0.3 is 5.97 Å². The monoisotopic (exact) mass is 266 g/mol. The number of hydrogen-bond acceptors (Lipinski definition) is 4. The van der Waals surface area contributed by atoms with E-state index >= 15 is 0 Å². The summed E-state index contributed by atoms with van der Waals surface area (Å²) in [4.78, 5) is 11.8. The van der Waals surface area contributed by atoms with Crippen LogP contribution in [-0.2, 0) is 9.53 Å². The summed E-state index contributed by atoms with van der Waals surface area (Å²) in [6.45, 7) is 5.85. The fraction of sp³-hybridized carbons (Fsp3) is 0.800. The van der Waals surface area contributed by atoms with E-state index in [4.69, 9.17) is 4.74 Å². The number of rotatable bonds is 0. The lowest BCUT2D eigenvalue weighted by atomic mass is 9.57. The minimum Gasteiger partial charge on any atom is -0.454 e. The average molecular weight is 266 g/mol. The Kier molecular flexibility index (Phi) is 2.64. The van der Waals surface area contributed by atoms with Gasteiger partial charge in [-0.15, -0.1) is 0 Å². The Morgan fingerprint density at radius 2 is 2.05 bits per heavy atom. The zero-order valence-corrected chi connectivity index (χ0v) is 11.8. The highest BCUT2D eigenvalue weighted by atomic mass is 16.6. The normalized spacial score (nSPS) is 49.7. The third kappa shape index (κ3) is 1.62. The molecule has 0 spiro atoms. The Hall–Kier alpha value is -0.870. The van der Waals surface area contributed by atoms with E-state index in [0.29, 0.717) is 19.3 Å². The Morgan fingerprint density at radius 1 is 1.37 bits per heavy atom. The molecule has 5 atom stereocenters. The molecule has 1 saturated carbocycles. The fourth-order valence-corrected chi connectivity index (χ4v) is 4.34. The van der Waals surface area contributed by atoms with Gasteiger partial charge in [0.05, 0.1) is 12.0 Å². The molecule has 3 rings (SSSR count). The number of hydrogen-bond donors (Lipinski definition) is 2. The first kappa shape index (κ1) is 13.1. The van der Waals surface area contributed by atoms with Gasteiger partial charge in [0.15, 0.2) is 6.10 Å². The zero-order valence-electron chi connectivity index (χ0n) is 11.8. The molecule has 1 heterocycles. The van der Waals surface area contributed by atoms with Crippen LogP contribution in [0.25, 0.3) is 0 Å². The van der Waals surface area contributed by atoms with E-state index in [0.717, 1.165) is 17.6 Å². The van der Waals surface area contributed by atoms with Crippen molar-refractivity contribution in [3.8, 4) is 0 Å². The van der Waals surface area contributed by atoms with Crippen LogP contribution < -0.4 is 0 Å². The van der Waals surface area contributed by atoms with E-state index in [1.165, 1.54) is 0 Å². The van der Waals surface area contributed by atoms with E-state index in [2.05, 4.69) is 6.92 Å². The summed E-state index contributed by atoms with van der Waals surface area (Å²) < 4.78 is 5.49. The lowest BCUT2D eigenvalue weighted by Crippen LogP contribution is -2.53. The third-order valence-electron chi connectivity index (χ3n) is 5.47. The molecule has 0 unspecified atom stereocenters. The number of ether oxygens (including phenoxy) is 1. The molecule has 2 fully saturated rings. The summed E-state index contributed by atoms with van der Waals surface area (Å²) in [5, 5.41) is 20.8. The van der Waals surface area contributed by atoms with Crippen molar-refractivity contribution >= 4 is 5.97 Å². The number of aliphatic hydroxyl groups is 2. The zero-order chi connectivity index (χ0) is 14.0. The smallest absolute Gasteiger partial charge is 0.312 e. The maximum Gasteiger partial charge on any atom is 0.312 e. The number of aliphatic hydroxyl groups excluding tert-OH is 1. The molecule has 106 valence electrons. The van der Waals surface area contributed by atoms with Crippen molar-refractivity contribution in [1.82, 2.24) is 0 Å². The molecule has 0 aromatic heterocycles. The van der Waals surface area contributed by atoms with Crippen molar-refractivity contribution in [1.29, 1.82) is 0 Å². The second-order valence-electron chi connectivity index (χ2n) is 6.85. The second-order valence-corrected chi connectivity index (χ2v) is 6.85. The van der Waals surface area contributed by atoms with Crippen molar-refractivity contribution < 1.29 is 19.7 Å². The van der Waals surface area contributed by atoms with Gasteiger partial charge in [-0.2, -0.15) is 0 Å². The SMILES string of the molecule is CC1=C2[C@@H]3OC(=O)[C@@H](C)[C@]3(O)CC[C@@]2(C)C[C@@H](O)C1. The van der Waals surface area contributed by atoms with Crippen LogP contribution in [0.1, 0.15) is 46.5 Å². The Balaban J connectivity index is 2.09. The van der Waals surface area contributed by atoms with Gasteiger partial charge in [0.1, 0.15) is 5.60 Å². The Bertz CT molecular complexity index is 469. The van der Waals surface area contributed by atoms with Crippen molar-refractivity contribution in [3.63, 3.8) is 0 Å². The molecule has 19 heavy (non-hydrogen) atoms. The van der Waals surface area contributed by atoms with E-state index in [1.54, 1.807) is 6.92 Å². The number of carbonyl (C=O) groups excluding carboxylic acids is 1. The van der Waals surface area contributed by atoms with Crippen LogP contribution in [0.15, 0.2) is 11.1 Å². The molecular weight excluding hydrogens is 244 g/mol. The summed E-state index contributed by atoms with van der Waals surface area (Å²) in [5.74, 6) is -0.766. The van der Waals surface area contributed by atoms with Crippen LogP contribution in [0.4, 0.5) is 0 Å². The van der Waals surface area contributed by atoms with Crippen molar-refractivity contribution in [3.05, 3.63) is 11.1 Å². The Labute approximate surface area is 113 Å². The molecule has 3 aliphatic rings. The predicted octanol–water partition coefficient (Wildman–Crippen LogP) is 1.55. The highest BCUT2D eigenvalue weighted by Crippen LogP contribution is 2.56. The molecule has 1 aliphatic heterocycles. The van der Waals surface area contributed by atoms with Crippen LogP contribution >= 0.6 is 0 Å². The van der Waals surface area contributed by atoms with E-state index in [-0.39, 0.29) is 17.5 Å². The van der Waals surface area contributed by atoms with Gasteiger partial charge in [0, 0.05) is 0 Å². The fourth-order valence-electron chi connectivity index (χ4n) is 4.34. The van der Waals surface area contributed by atoms with Crippen molar-refractivity contribution in [2.75, 3.05) is 0 Å². The van der Waals surface area contributed by atoms with Crippen LogP contribution in [0.2, 0.25) is 0 Å². The topological polar surface area (TPSA) is 66.8 Å². The predicted molar refractivity (Wildman–Crippen MR) is 69.3 cm³/mol. The molecule has 2 aliphatic carbocycles. The summed E-state index contributed by atoms with van der Waals surface area (Å²) in [6, 6.07) is 0. The number of carbonyl (C=O) groups is 1. The molecule has 0 bridgehead atoms. The molecule has 0 radical (unpaired) electrons. The molecule has 0 amide bonds. The first-order chi connectivity index (χ1) is 8.78. The van der Waals surface area contributed by atoms with E-state index in [9.17, 15) is 15.0 Å². The summed E-state index contributed by atoms with van der Waals surface area (Å²) in [5.41, 5.74) is 0.925. The summed E-state index contributed by atoms with van der Waals surface area (Å²) in [6.07, 6.45) is 1.83. The average Bonchev–Trinajstić information content (AvgIpc) is 2.52. The summed E-state index contributed by atoms with van der Waals surface area (Å²) in [7, 11) is 0. The van der Waals surface area contributed by atoms with Gasteiger partial charge in [-0.3, -0.25) is 4.79 Å². The molecule has 0 aromatic rings. The lowest BCUT2D eigenvalue weighted by Gasteiger charge is -2.50. The van der Waals surface area contributed by atoms with Crippen molar-refractivity contribution in [2.24, 2.45) is 11.3 Å². The molecule has 4 nitrogen and oxygen atoms in total. The lowest BCUT2D eigenvalue weighted by molar-refractivity contribution is -0.143. The van der Waals surface area contributed by atoms with Gasteiger partial charge in [-0.1, -0.05) is 12.5 Å². The van der Waals surface area contributed by atoms with E-state index in [1.807, 2.05) is 6.92 Å². The van der Waals surface area contributed by atoms with Crippen LogP contribution in [-0.4, -0.2) is 34.0 Å². The highest BCUT2D eigenvalue weighted by molar-refractivity contribution is 5.77. The van der Waals surface area contributed by atoms with Crippen LogP contribution in [0.3, 0.4) is 0 Å². The van der Waals surface area contributed by atoms with Gasteiger partial charge in [-0.05, 0) is 50.5 Å². The van der Waals surface area contributed by atoms with Gasteiger partial charge in [-0.25, -0.2) is 0 Å². The molecule has 0 aromatic carbocycles. The van der Waals surface area contributed by atoms with Crippen LogP contribution in [0.5, 0.6) is 0 Å². The van der Waals surface area contributed by atoms with E-state index < -0.39 is 17.6 Å². The first-order valence-electron chi connectivity index (χ1n) is 7.09. The Morgan fingerprint density at radius 3 is 2.74 bits per heavy atom. The van der Waals surface area contributed by atoms with Gasteiger partial charge < -0.3 is 14.9 Å². The first-order valence-corrected chi connectivity index (χ1v) is 7.09. The largest absolute Gasteiger partial charge is 0.454 e. The van der Waals surface area contributed by atoms with Crippen molar-refractivity contribution in [2.45, 2.75) is 64.3 Å². The molecular formula is C15H22O4. The molecule has 2 N–H and O–H groups in total.